The first-order valence-corrected chi connectivity index (χ1v) is 9.48. The minimum atomic E-state index is -0.0151. The second-order valence-corrected chi connectivity index (χ2v) is 7.43. The second-order valence-electron chi connectivity index (χ2n) is 6.57. The summed E-state index contributed by atoms with van der Waals surface area (Å²) < 4.78 is 0. The number of nitrogens with zero attached hydrogens (tertiary/aromatic N) is 1. The van der Waals surface area contributed by atoms with Gasteiger partial charge < -0.3 is 5.32 Å². The third-order valence-electron chi connectivity index (χ3n) is 4.57. The van der Waals surface area contributed by atoms with Gasteiger partial charge in [0.1, 0.15) is 5.01 Å². The minimum absolute atomic E-state index is 0.0151. The highest BCUT2D eigenvalue weighted by atomic mass is 32.1. The van der Waals surface area contributed by atoms with Gasteiger partial charge in [0.05, 0.1) is 12.1 Å². The van der Waals surface area contributed by atoms with Gasteiger partial charge in [-0.15, -0.1) is 11.3 Å². The van der Waals surface area contributed by atoms with Crippen LogP contribution in [0.5, 0.6) is 0 Å². The molecule has 0 atom stereocenters. The fourth-order valence-corrected chi connectivity index (χ4v) is 4.06. The number of hydrogen-bond donors (Lipinski definition) is 1. The average molecular weight is 348 g/mol. The van der Waals surface area contributed by atoms with Crippen molar-refractivity contribution in [2.45, 2.75) is 32.6 Å². The summed E-state index contributed by atoms with van der Waals surface area (Å²) >= 11 is 1.58. The van der Waals surface area contributed by atoms with Crippen molar-refractivity contribution in [1.82, 2.24) is 4.98 Å². The Kier molecular flexibility index (Phi) is 4.36. The predicted octanol–water partition coefficient (Wildman–Crippen LogP) is 4.79. The van der Waals surface area contributed by atoms with Crippen molar-refractivity contribution in [3.8, 4) is 10.6 Å². The van der Waals surface area contributed by atoms with Gasteiger partial charge in [-0.3, -0.25) is 4.79 Å². The number of amides is 1. The fourth-order valence-electron chi connectivity index (χ4n) is 3.24. The highest BCUT2D eigenvalue weighted by Gasteiger charge is 2.13. The van der Waals surface area contributed by atoms with E-state index < -0.39 is 0 Å². The summed E-state index contributed by atoms with van der Waals surface area (Å²) in [6, 6.07) is 14.6. The summed E-state index contributed by atoms with van der Waals surface area (Å²) in [5.74, 6) is -0.0151. The van der Waals surface area contributed by atoms with E-state index in [1.165, 1.54) is 23.1 Å². The lowest BCUT2D eigenvalue weighted by molar-refractivity contribution is -0.115. The molecule has 0 radical (unpaired) electrons. The maximum atomic E-state index is 12.3. The molecule has 0 unspecified atom stereocenters. The first-order valence-electron chi connectivity index (χ1n) is 8.60. The Balaban J connectivity index is 1.42. The maximum Gasteiger partial charge on any atom is 0.230 e. The van der Waals surface area contributed by atoms with E-state index in [1.807, 2.05) is 11.4 Å². The van der Waals surface area contributed by atoms with Crippen molar-refractivity contribution in [1.29, 1.82) is 0 Å². The Hall–Kier alpha value is -2.46. The second kappa shape index (κ2) is 6.81. The quantitative estimate of drug-likeness (QED) is 0.737. The Morgan fingerprint density at radius 1 is 1.12 bits per heavy atom. The van der Waals surface area contributed by atoms with E-state index >= 15 is 0 Å². The molecule has 1 amide bonds. The normalized spacial score (nSPS) is 12.8. The summed E-state index contributed by atoms with van der Waals surface area (Å²) in [6.45, 7) is 2.07. The number of carbonyl (C=O) groups is 1. The number of carbonyl (C=O) groups excluding carboxylic acids is 1. The summed E-state index contributed by atoms with van der Waals surface area (Å²) in [5.41, 5.74) is 6.82. The lowest BCUT2D eigenvalue weighted by Gasteiger charge is -2.06. The van der Waals surface area contributed by atoms with Gasteiger partial charge in [-0.2, -0.15) is 0 Å². The van der Waals surface area contributed by atoms with Crippen LogP contribution in [0.1, 0.15) is 28.8 Å². The molecule has 1 N–H and O–H groups in total. The molecule has 0 spiro atoms. The molecular weight excluding hydrogens is 328 g/mol. The van der Waals surface area contributed by atoms with Crippen LogP contribution in [0, 0.1) is 6.92 Å². The van der Waals surface area contributed by atoms with Crippen LogP contribution in [-0.4, -0.2) is 10.9 Å². The molecule has 1 aromatic heterocycles. The van der Waals surface area contributed by atoms with Crippen LogP contribution in [0.3, 0.4) is 0 Å². The van der Waals surface area contributed by atoms with Gasteiger partial charge in [0.2, 0.25) is 5.91 Å². The maximum absolute atomic E-state index is 12.3. The number of anilines is 1. The highest BCUT2D eigenvalue weighted by Crippen LogP contribution is 2.26. The molecule has 1 aliphatic carbocycles. The van der Waals surface area contributed by atoms with Gasteiger partial charge >= 0.3 is 0 Å². The van der Waals surface area contributed by atoms with E-state index in [0.717, 1.165) is 34.8 Å². The number of benzene rings is 2. The number of rotatable bonds is 4. The standard InChI is InChI=1S/C21H20N2OS/c1-14-5-7-16(8-6-14)21-23-19(13-25-21)12-20(24)22-18-10-9-15-3-2-4-17(15)11-18/h5-11,13H,2-4,12H2,1H3,(H,22,24). The molecule has 126 valence electrons. The number of hydrogen-bond acceptors (Lipinski definition) is 3. The van der Waals surface area contributed by atoms with Gasteiger partial charge in [-0.05, 0) is 49.4 Å². The summed E-state index contributed by atoms with van der Waals surface area (Å²) in [7, 11) is 0. The first kappa shape index (κ1) is 16.0. The number of nitrogens with one attached hydrogen (secondary N) is 1. The summed E-state index contributed by atoms with van der Waals surface area (Å²) in [6.07, 6.45) is 3.79. The SMILES string of the molecule is Cc1ccc(-c2nc(CC(=O)Nc3ccc4c(c3)CCC4)cs2)cc1. The number of aryl methyl sites for hydroxylation is 3. The molecule has 4 heteroatoms. The molecule has 1 aliphatic rings. The molecule has 3 nitrogen and oxygen atoms in total. The van der Waals surface area contributed by atoms with Crippen molar-refractivity contribution in [3.05, 3.63) is 70.2 Å². The molecule has 0 saturated carbocycles. The Labute approximate surface area is 151 Å². The van der Waals surface area contributed by atoms with Crippen molar-refractivity contribution in [2.24, 2.45) is 0 Å². The monoisotopic (exact) mass is 348 g/mol. The van der Waals surface area contributed by atoms with E-state index in [2.05, 4.69) is 53.6 Å². The van der Waals surface area contributed by atoms with E-state index in [-0.39, 0.29) is 5.91 Å². The molecule has 1 heterocycles. The smallest absolute Gasteiger partial charge is 0.230 e. The third-order valence-corrected chi connectivity index (χ3v) is 5.51. The zero-order valence-corrected chi connectivity index (χ0v) is 15.0. The molecule has 3 aromatic rings. The van der Waals surface area contributed by atoms with Crippen LogP contribution in [-0.2, 0) is 24.1 Å². The van der Waals surface area contributed by atoms with Crippen LogP contribution in [0.15, 0.2) is 47.8 Å². The van der Waals surface area contributed by atoms with E-state index in [1.54, 1.807) is 11.3 Å². The zero-order valence-electron chi connectivity index (χ0n) is 14.2. The van der Waals surface area contributed by atoms with Crippen molar-refractivity contribution < 1.29 is 4.79 Å². The van der Waals surface area contributed by atoms with Crippen molar-refractivity contribution in [3.63, 3.8) is 0 Å². The minimum Gasteiger partial charge on any atom is -0.326 e. The molecule has 0 aliphatic heterocycles. The van der Waals surface area contributed by atoms with Gasteiger partial charge in [-0.25, -0.2) is 4.98 Å². The largest absolute Gasteiger partial charge is 0.326 e. The van der Waals surface area contributed by atoms with Crippen LogP contribution in [0.2, 0.25) is 0 Å². The third kappa shape index (κ3) is 3.64. The zero-order chi connectivity index (χ0) is 17.2. The van der Waals surface area contributed by atoms with E-state index in [9.17, 15) is 4.79 Å². The first-order chi connectivity index (χ1) is 12.2. The van der Waals surface area contributed by atoms with Gasteiger partial charge in [0.15, 0.2) is 0 Å². The Morgan fingerprint density at radius 2 is 1.92 bits per heavy atom. The highest BCUT2D eigenvalue weighted by molar-refractivity contribution is 7.13. The molecule has 0 bridgehead atoms. The lowest BCUT2D eigenvalue weighted by atomic mass is 10.1. The number of fused-ring (bicyclic) bond motifs is 1. The van der Waals surface area contributed by atoms with E-state index in [0.29, 0.717) is 6.42 Å². The Morgan fingerprint density at radius 3 is 2.76 bits per heavy atom. The number of aromatic nitrogens is 1. The summed E-state index contributed by atoms with van der Waals surface area (Å²) in [4.78, 5) is 16.9. The van der Waals surface area contributed by atoms with Crippen molar-refractivity contribution in [2.75, 3.05) is 5.32 Å². The van der Waals surface area contributed by atoms with Gasteiger partial charge in [0, 0.05) is 16.6 Å². The molecule has 2 aromatic carbocycles. The Bertz CT molecular complexity index is 912. The van der Waals surface area contributed by atoms with Crippen LogP contribution < -0.4 is 5.32 Å². The molecule has 4 rings (SSSR count). The molecule has 0 saturated heterocycles. The van der Waals surface area contributed by atoms with E-state index in [4.69, 9.17) is 0 Å². The van der Waals surface area contributed by atoms with Gasteiger partial charge in [-0.1, -0.05) is 35.9 Å². The topological polar surface area (TPSA) is 42.0 Å². The molecule has 0 fully saturated rings. The van der Waals surface area contributed by atoms with Crippen LogP contribution >= 0.6 is 11.3 Å². The fraction of sp³-hybridized carbons (Fsp3) is 0.238. The predicted molar refractivity (Wildman–Crippen MR) is 103 cm³/mol. The van der Waals surface area contributed by atoms with Crippen LogP contribution in [0.4, 0.5) is 5.69 Å². The molecule has 25 heavy (non-hydrogen) atoms. The average Bonchev–Trinajstić information content (AvgIpc) is 3.24. The lowest BCUT2D eigenvalue weighted by Crippen LogP contribution is -2.14. The summed E-state index contributed by atoms with van der Waals surface area (Å²) in [5, 5.41) is 5.93. The number of thiazole rings is 1. The molecular formula is C21H20N2OS. The van der Waals surface area contributed by atoms with Gasteiger partial charge in [0.25, 0.3) is 0 Å². The van der Waals surface area contributed by atoms with Crippen LogP contribution in [0.25, 0.3) is 10.6 Å². The van der Waals surface area contributed by atoms with Crippen molar-refractivity contribution >= 4 is 22.9 Å².